The molecule has 4 aliphatic heterocycles. The number of alkyl halides is 2. The second kappa shape index (κ2) is 14.2. The number of fused-ring (bicyclic) bond motifs is 3. The van der Waals surface area contributed by atoms with Crippen molar-refractivity contribution in [2.75, 3.05) is 64.4 Å². The molecule has 0 N–H and O–H groups in total. The molecule has 6 heterocycles. The Kier molecular flexibility index (Phi) is 9.45. The third kappa shape index (κ3) is 6.56. The Balaban J connectivity index is 1.13. The number of hydrogen-bond acceptors (Lipinski definition) is 8. The van der Waals surface area contributed by atoms with Crippen LogP contribution in [0.25, 0.3) is 32.9 Å². The quantitative estimate of drug-likeness (QED) is 0.124. The molecule has 4 saturated heterocycles. The highest BCUT2D eigenvalue weighted by atomic mass is 19.1. The van der Waals surface area contributed by atoms with E-state index >= 15 is 4.39 Å². The highest BCUT2D eigenvalue weighted by Gasteiger charge is 2.49. The lowest BCUT2D eigenvalue weighted by Gasteiger charge is -2.31. The summed E-state index contributed by atoms with van der Waals surface area (Å²) in [5, 5.41) is 1.33. The van der Waals surface area contributed by atoms with Crippen molar-refractivity contribution in [3.05, 3.63) is 65.9 Å². The summed E-state index contributed by atoms with van der Waals surface area (Å²) in [6.07, 6.45) is 12.0. The second-order valence-corrected chi connectivity index (χ2v) is 14.7. The first-order valence-electron chi connectivity index (χ1n) is 18.2. The van der Waals surface area contributed by atoms with E-state index in [9.17, 15) is 18.0 Å². The van der Waals surface area contributed by atoms with Gasteiger partial charge in [0, 0.05) is 82.0 Å². The van der Waals surface area contributed by atoms with Crippen molar-refractivity contribution >= 4 is 33.4 Å². The van der Waals surface area contributed by atoms with Gasteiger partial charge in [0.1, 0.15) is 41.8 Å². The number of halogens is 4. The molecule has 4 aliphatic rings. The Morgan fingerprint density at radius 3 is 2.77 bits per heavy atom. The van der Waals surface area contributed by atoms with E-state index in [4.69, 9.17) is 16.1 Å². The van der Waals surface area contributed by atoms with Crippen LogP contribution in [0.4, 0.5) is 23.4 Å². The minimum atomic E-state index is -0.951. The summed E-state index contributed by atoms with van der Waals surface area (Å²) >= 11 is 0. The van der Waals surface area contributed by atoms with Crippen molar-refractivity contribution in [1.82, 2.24) is 29.7 Å². The van der Waals surface area contributed by atoms with Gasteiger partial charge in [0.2, 0.25) is 5.91 Å². The number of aromatic nitrogens is 3. The van der Waals surface area contributed by atoms with Gasteiger partial charge in [-0.25, -0.2) is 17.6 Å². The van der Waals surface area contributed by atoms with Crippen LogP contribution in [0.15, 0.2) is 48.7 Å². The smallest absolute Gasteiger partial charge is 0.319 e. The molecule has 13 heteroatoms. The minimum Gasteiger partial charge on any atom is -0.461 e. The van der Waals surface area contributed by atoms with Crippen LogP contribution in [0.5, 0.6) is 6.01 Å². The van der Waals surface area contributed by atoms with Gasteiger partial charge in [0.05, 0.1) is 16.5 Å². The Bertz CT molecular complexity index is 2140. The van der Waals surface area contributed by atoms with Gasteiger partial charge in [-0.3, -0.25) is 19.6 Å². The van der Waals surface area contributed by atoms with Crippen molar-refractivity contribution in [3.63, 3.8) is 0 Å². The fraction of sp³-hybridized carbons (Fsp3) is 0.450. The van der Waals surface area contributed by atoms with E-state index < -0.39 is 29.5 Å². The summed E-state index contributed by atoms with van der Waals surface area (Å²) in [6, 6.07) is 7.80. The van der Waals surface area contributed by atoms with Crippen molar-refractivity contribution in [2.45, 2.75) is 56.0 Å². The number of nitrogens with zero attached hydrogens (tertiary/aromatic N) is 7. The third-order valence-corrected chi connectivity index (χ3v) is 11.5. The summed E-state index contributed by atoms with van der Waals surface area (Å²) in [4.78, 5) is 34.8. The first kappa shape index (κ1) is 35.2. The van der Waals surface area contributed by atoms with Gasteiger partial charge in [0.15, 0.2) is 5.82 Å². The van der Waals surface area contributed by atoms with Crippen LogP contribution in [0.1, 0.15) is 37.7 Å². The normalized spacial score (nSPS) is 24.8. The summed E-state index contributed by atoms with van der Waals surface area (Å²) in [5.74, 6) is 1.31. The summed E-state index contributed by atoms with van der Waals surface area (Å²) in [7, 11) is 1.83. The van der Waals surface area contributed by atoms with Crippen LogP contribution in [0.2, 0.25) is 0 Å². The molecule has 0 bridgehead atoms. The lowest BCUT2D eigenvalue weighted by molar-refractivity contribution is -0.125. The maximum absolute atomic E-state index is 16.9. The first-order chi connectivity index (χ1) is 25.6. The number of carbonyl (C=O) groups excluding carboxylic acids is 1. The van der Waals surface area contributed by atoms with Crippen LogP contribution in [-0.4, -0.2) is 119 Å². The molecule has 276 valence electrons. The Morgan fingerprint density at radius 1 is 1.09 bits per heavy atom. The van der Waals surface area contributed by atoms with Gasteiger partial charge in [-0.05, 0) is 43.7 Å². The topological polar surface area (TPSA) is 77.9 Å². The molecule has 4 fully saturated rings. The third-order valence-electron chi connectivity index (χ3n) is 11.5. The van der Waals surface area contributed by atoms with Crippen molar-refractivity contribution in [2.24, 2.45) is 0 Å². The average Bonchev–Trinajstić information content (AvgIpc) is 3.95. The number of likely N-dealkylation sites (N-methyl/N-ethyl adjacent to an activating group) is 1. The number of terminal acetylenes is 1. The van der Waals surface area contributed by atoms with Crippen LogP contribution in [0.3, 0.4) is 0 Å². The molecule has 0 aliphatic carbocycles. The molecule has 2 aromatic heterocycles. The van der Waals surface area contributed by atoms with Crippen LogP contribution in [0, 0.1) is 24.0 Å². The number of amides is 1. The summed E-state index contributed by atoms with van der Waals surface area (Å²) < 4.78 is 66.2. The van der Waals surface area contributed by atoms with Crippen molar-refractivity contribution in [1.29, 1.82) is 0 Å². The number of hydrogen-bond donors (Lipinski definition) is 0. The highest BCUT2D eigenvalue weighted by molar-refractivity contribution is 6.02. The lowest BCUT2D eigenvalue weighted by Crippen LogP contribution is -2.43. The molecule has 1 amide bonds. The molecule has 9 nitrogen and oxygen atoms in total. The number of benzene rings is 2. The number of pyridine rings is 1. The first-order valence-corrected chi connectivity index (χ1v) is 18.2. The molecule has 8 rings (SSSR count). The average molecular weight is 728 g/mol. The molecule has 4 aromatic rings. The van der Waals surface area contributed by atoms with E-state index in [2.05, 4.69) is 20.8 Å². The van der Waals surface area contributed by atoms with Crippen LogP contribution >= 0.6 is 0 Å². The van der Waals surface area contributed by atoms with E-state index in [0.29, 0.717) is 86.1 Å². The molecule has 0 saturated carbocycles. The molecule has 0 unspecified atom stereocenters. The zero-order valence-electron chi connectivity index (χ0n) is 29.6. The zero-order chi connectivity index (χ0) is 36.9. The van der Waals surface area contributed by atoms with Crippen molar-refractivity contribution in [3.8, 4) is 29.6 Å². The largest absolute Gasteiger partial charge is 0.461 e. The number of ether oxygens (including phenoxy) is 1. The fourth-order valence-corrected chi connectivity index (χ4v) is 8.67. The summed E-state index contributed by atoms with van der Waals surface area (Å²) in [5.41, 5.74) is -0.251. The van der Waals surface area contributed by atoms with E-state index in [-0.39, 0.29) is 41.3 Å². The maximum atomic E-state index is 16.9. The standard InChI is InChI=1S/C40H41F4N7O2/c1-3-29-32(43)11-10-25-7-4-8-30(34(25)29)36-35(44)37-31(20-45-36)38(47-39(46-37)53-24-40-14-6-16-51(40)22-27(42)19-40)48(2)28-13-18-50(23-28)33(52)9-5-15-49-17-12-26(41)21-49/h1,4-5,7-11,20,26-28H,6,12-19,21-24H2,2H3/b9-5+/t26-,27-,28-,40+/m1/s1. The molecular weight excluding hydrogens is 686 g/mol. The number of anilines is 1. The molecule has 2 aromatic carbocycles. The molecule has 4 atom stereocenters. The van der Waals surface area contributed by atoms with Gasteiger partial charge >= 0.3 is 6.01 Å². The molecule has 53 heavy (non-hydrogen) atoms. The van der Waals surface area contributed by atoms with Crippen molar-refractivity contribution < 1.29 is 27.1 Å². The molecule has 0 radical (unpaired) electrons. The van der Waals surface area contributed by atoms with Crippen LogP contribution in [-0.2, 0) is 4.79 Å². The zero-order valence-corrected chi connectivity index (χ0v) is 29.6. The van der Waals surface area contributed by atoms with E-state index in [0.717, 1.165) is 19.4 Å². The summed E-state index contributed by atoms with van der Waals surface area (Å²) in [6.45, 7) is 3.77. The van der Waals surface area contributed by atoms with E-state index in [1.54, 1.807) is 41.3 Å². The lowest BCUT2D eigenvalue weighted by atomic mass is 9.95. The van der Waals surface area contributed by atoms with Gasteiger partial charge in [-0.1, -0.05) is 36.3 Å². The number of rotatable bonds is 9. The Hall–Kier alpha value is -4.80. The highest BCUT2D eigenvalue weighted by Crippen LogP contribution is 2.41. The molecule has 0 spiro atoms. The van der Waals surface area contributed by atoms with Gasteiger partial charge in [-0.2, -0.15) is 9.97 Å². The predicted molar refractivity (Wildman–Crippen MR) is 195 cm³/mol. The van der Waals surface area contributed by atoms with Gasteiger partial charge in [0.25, 0.3) is 0 Å². The SMILES string of the molecule is C#Cc1c(F)ccc2cccc(-c3ncc4c(N(C)[C@@H]5CCN(C(=O)/C=C/CN6CC[C@@H](F)C6)C5)nc(OC[C@@]56CCCN5C[C@H](F)C6)nc4c3F)c12. The van der Waals surface area contributed by atoms with Gasteiger partial charge in [-0.15, -0.1) is 6.42 Å². The fourth-order valence-electron chi connectivity index (χ4n) is 8.67. The minimum absolute atomic E-state index is 0.00857. The molecular formula is C40H41F4N7O2. The predicted octanol–water partition coefficient (Wildman–Crippen LogP) is 5.70. The Labute approximate surface area is 305 Å². The van der Waals surface area contributed by atoms with Crippen LogP contribution < -0.4 is 9.64 Å². The van der Waals surface area contributed by atoms with E-state index in [1.165, 1.54) is 12.3 Å². The number of likely N-dealkylation sites (tertiary alicyclic amines) is 2. The number of carbonyl (C=O) groups is 1. The monoisotopic (exact) mass is 727 g/mol. The second-order valence-electron chi connectivity index (χ2n) is 14.7. The Morgan fingerprint density at radius 2 is 1.96 bits per heavy atom. The maximum Gasteiger partial charge on any atom is 0.319 e. The van der Waals surface area contributed by atoms with Gasteiger partial charge < -0.3 is 14.5 Å². The van der Waals surface area contributed by atoms with E-state index in [1.807, 2.05) is 16.8 Å².